The summed E-state index contributed by atoms with van der Waals surface area (Å²) in [7, 11) is 0. The lowest BCUT2D eigenvalue weighted by Crippen LogP contribution is -2.39. The van der Waals surface area contributed by atoms with Crippen LogP contribution in [-0.2, 0) is 0 Å². The van der Waals surface area contributed by atoms with Crippen LogP contribution in [0.2, 0.25) is 0 Å². The van der Waals surface area contributed by atoms with Crippen LogP contribution in [0.4, 0.5) is 5.69 Å². The maximum Gasteiger partial charge on any atom is 0.274 e. The van der Waals surface area contributed by atoms with E-state index in [-0.39, 0.29) is 16.7 Å². The second-order valence-electron chi connectivity index (χ2n) is 5.35. The standard InChI is InChI=1S/C14H20N2O3/c1-11(15-10-14(17)8-4-5-9-14)12-6-2-3-7-13(12)16(18)19/h2-3,6-7,11,15,17H,4-5,8-10H2,1H3. The number of nitrogens with one attached hydrogen (secondary N) is 1. The Hall–Kier alpha value is -1.46. The van der Waals surface area contributed by atoms with Gasteiger partial charge in [0.15, 0.2) is 0 Å². The minimum Gasteiger partial charge on any atom is -0.389 e. The first-order chi connectivity index (χ1) is 9.02. The van der Waals surface area contributed by atoms with Crippen molar-refractivity contribution in [2.45, 2.75) is 44.2 Å². The largest absolute Gasteiger partial charge is 0.389 e. The molecule has 104 valence electrons. The molecule has 0 aromatic heterocycles. The maximum absolute atomic E-state index is 11.0. The third kappa shape index (κ3) is 3.30. The molecule has 1 aliphatic rings. The van der Waals surface area contributed by atoms with E-state index in [1.807, 2.05) is 6.92 Å². The number of nitrogens with zero attached hydrogens (tertiary/aromatic N) is 1. The summed E-state index contributed by atoms with van der Waals surface area (Å²) in [5.74, 6) is 0. The Morgan fingerprint density at radius 2 is 2.05 bits per heavy atom. The molecule has 5 nitrogen and oxygen atoms in total. The molecule has 1 unspecified atom stereocenters. The Morgan fingerprint density at radius 3 is 2.68 bits per heavy atom. The summed E-state index contributed by atoms with van der Waals surface area (Å²) >= 11 is 0. The molecule has 0 spiro atoms. The van der Waals surface area contributed by atoms with Gasteiger partial charge in [-0.25, -0.2) is 0 Å². The van der Waals surface area contributed by atoms with Crippen LogP contribution < -0.4 is 5.32 Å². The molecule has 1 atom stereocenters. The zero-order chi connectivity index (χ0) is 13.9. The molecule has 2 rings (SSSR count). The fourth-order valence-electron chi connectivity index (χ4n) is 2.68. The van der Waals surface area contributed by atoms with Gasteiger partial charge in [0, 0.05) is 24.2 Å². The molecule has 1 fully saturated rings. The van der Waals surface area contributed by atoms with E-state index in [4.69, 9.17) is 0 Å². The van der Waals surface area contributed by atoms with Gasteiger partial charge in [0.1, 0.15) is 0 Å². The summed E-state index contributed by atoms with van der Waals surface area (Å²) in [4.78, 5) is 10.6. The molecular weight excluding hydrogens is 244 g/mol. The Morgan fingerprint density at radius 1 is 1.42 bits per heavy atom. The van der Waals surface area contributed by atoms with Crippen LogP contribution in [0.1, 0.15) is 44.2 Å². The van der Waals surface area contributed by atoms with E-state index in [2.05, 4.69) is 5.32 Å². The minimum atomic E-state index is -0.641. The highest BCUT2D eigenvalue weighted by molar-refractivity contribution is 5.41. The van der Waals surface area contributed by atoms with Crippen LogP contribution in [-0.4, -0.2) is 22.2 Å². The van der Waals surface area contributed by atoms with Crippen molar-refractivity contribution in [1.29, 1.82) is 0 Å². The first kappa shape index (κ1) is 14.0. The van der Waals surface area contributed by atoms with E-state index in [0.29, 0.717) is 12.1 Å². The average molecular weight is 264 g/mol. The van der Waals surface area contributed by atoms with Crippen LogP contribution in [0.15, 0.2) is 24.3 Å². The maximum atomic E-state index is 11.0. The quantitative estimate of drug-likeness (QED) is 0.633. The highest BCUT2D eigenvalue weighted by Gasteiger charge is 2.31. The van der Waals surface area contributed by atoms with Crippen LogP contribution in [0.5, 0.6) is 0 Å². The molecule has 1 saturated carbocycles. The van der Waals surface area contributed by atoms with Gasteiger partial charge >= 0.3 is 0 Å². The summed E-state index contributed by atoms with van der Waals surface area (Å²) in [5.41, 5.74) is 0.146. The van der Waals surface area contributed by atoms with Crippen LogP contribution in [0.3, 0.4) is 0 Å². The second kappa shape index (κ2) is 5.67. The third-order valence-electron chi connectivity index (χ3n) is 3.87. The van der Waals surface area contributed by atoms with Crippen molar-refractivity contribution < 1.29 is 10.0 Å². The molecule has 1 aliphatic carbocycles. The summed E-state index contributed by atoms with van der Waals surface area (Å²) < 4.78 is 0. The lowest BCUT2D eigenvalue weighted by atomic mass is 10.0. The molecular formula is C14H20N2O3. The van der Waals surface area contributed by atoms with E-state index in [9.17, 15) is 15.2 Å². The van der Waals surface area contributed by atoms with Crippen molar-refractivity contribution in [1.82, 2.24) is 5.32 Å². The Kier molecular flexibility index (Phi) is 4.17. The third-order valence-corrected chi connectivity index (χ3v) is 3.87. The number of rotatable bonds is 5. The van der Waals surface area contributed by atoms with Crippen molar-refractivity contribution in [3.8, 4) is 0 Å². The molecule has 0 aliphatic heterocycles. The van der Waals surface area contributed by atoms with Gasteiger partial charge in [0.25, 0.3) is 5.69 Å². The van der Waals surface area contributed by atoms with Crippen molar-refractivity contribution >= 4 is 5.69 Å². The number of nitro groups is 1. The summed E-state index contributed by atoms with van der Waals surface area (Å²) in [6.45, 7) is 2.38. The zero-order valence-corrected chi connectivity index (χ0v) is 11.1. The number of benzene rings is 1. The van der Waals surface area contributed by atoms with Gasteiger partial charge < -0.3 is 10.4 Å². The van der Waals surface area contributed by atoms with Crippen LogP contribution in [0, 0.1) is 10.1 Å². The van der Waals surface area contributed by atoms with Gasteiger partial charge in [-0.05, 0) is 19.8 Å². The Labute approximate surface area is 112 Å². The monoisotopic (exact) mass is 264 g/mol. The van der Waals surface area contributed by atoms with Crippen molar-refractivity contribution in [3.05, 3.63) is 39.9 Å². The number of hydrogen-bond donors (Lipinski definition) is 2. The number of para-hydroxylation sites is 1. The van der Waals surface area contributed by atoms with Gasteiger partial charge in [-0.1, -0.05) is 31.0 Å². The van der Waals surface area contributed by atoms with Gasteiger partial charge in [0.2, 0.25) is 0 Å². The molecule has 0 saturated heterocycles. The number of aliphatic hydroxyl groups is 1. The van der Waals surface area contributed by atoms with Crippen LogP contribution in [0.25, 0.3) is 0 Å². The molecule has 1 aromatic carbocycles. The molecule has 0 heterocycles. The first-order valence-corrected chi connectivity index (χ1v) is 6.71. The second-order valence-corrected chi connectivity index (χ2v) is 5.35. The number of nitro benzene ring substituents is 1. The molecule has 19 heavy (non-hydrogen) atoms. The lowest BCUT2D eigenvalue weighted by molar-refractivity contribution is -0.385. The minimum absolute atomic E-state index is 0.126. The molecule has 0 radical (unpaired) electrons. The Balaban J connectivity index is 2.03. The summed E-state index contributed by atoms with van der Waals surface area (Å²) in [6.07, 6.45) is 3.73. The highest BCUT2D eigenvalue weighted by Crippen LogP contribution is 2.30. The van der Waals surface area contributed by atoms with Crippen molar-refractivity contribution in [2.24, 2.45) is 0 Å². The fraction of sp³-hybridized carbons (Fsp3) is 0.571. The molecule has 1 aromatic rings. The van der Waals surface area contributed by atoms with Gasteiger partial charge in [-0.2, -0.15) is 0 Å². The van der Waals surface area contributed by atoms with Gasteiger partial charge in [-0.15, -0.1) is 0 Å². The SMILES string of the molecule is CC(NCC1(O)CCCC1)c1ccccc1[N+](=O)[O-]. The van der Waals surface area contributed by atoms with E-state index in [0.717, 1.165) is 25.7 Å². The summed E-state index contributed by atoms with van der Waals surface area (Å²) in [6, 6.07) is 6.59. The van der Waals surface area contributed by atoms with E-state index in [1.165, 1.54) is 6.07 Å². The summed E-state index contributed by atoms with van der Waals surface area (Å²) in [5, 5.41) is 24.5. The normalized spacial score (nSPS) is 19.3. The molecule has 0 bridgehead atoms. The zero-order valence-electron chi connectivity index (χ0n) is 11.1. The first-order valence-electron chi connectivity index (χ1n) is 6.71. The fourth-order valence-corrected chi connectivity index (χ4v) is 2.68. The lowest BCUT2D eigenvalue weighted by Gasteiger charge is -2.25. The molecule has 0 amide bonds. The Bertz CT molecular complexity index is 456. The van der Waals surface area contributed by atoms with E-state index in [1.54, 1.807) is 18.2 Å². The van der Waals surface area contributed by atoms with Crippen LogP contribution >= 0.6 is 0 Å². The molecule has 5 heteroatoms. The van der Waals surface area contributed by atoms with Crippen molar-refractivity contribution in [3.63, 3.8) is 0 Å². The topological polar surface area (TPSA) is 75.4 Å². The predicted octanol–water partition coefficient (Wildman–Crippen LogP) is 2.55. The van der Waals surface area contributed by atoms with E-state index >= 15 is 0 Å². The van der Waals surface area contributed by atoms with E-state index < -0.39 is 5.60 Å². The smallest absolute Gasteiger partial charge is 0.274 e. The highest BCUT2D eigenvalue weighted by atomic mass is 16.6. The van der Waals surface area contributed by atoms with Gasteiger partial charge in [-0.3, -0.25) is 10.1 Å². The van der Waals surface area contributed by atoms with Crippen molar-refractivity contribution in [2.75, 3.05) is 6.54 Å². The van der Waals surface area contributed by atoms with Gasteiger partial charge in [0.05, 0.1) is 10.5 Å². The predicted molar refractivity (Wildman–Crippen MR) is 72.9 cm³/mol. The molecule has 2 N–H and O–H groups in total. The average Bonchev–Trinajstić information content (AvgIpc) is 2.83. The number of hydrogen-bond acceptors (Lipinski definition) is 4.